The molecule has 1 aliphatic rings. The lowest BCUT2D eigenvalue weighted by Crippen LogP contribution is -2.36. The first-order chi connectivity index (χ1) is 16.8. The van der Waals surface area contributed by atoms with Gasteiger partial charge in [-0.1, -0.05) is 6.08 Å². The number of thioether (sulfide) groups is 1. The minimum atomic E-state index is -0.969. The number of hydrogen-bond donors (Lipinski definition) is 1. The highest BCUT2D eigenvalue weighted by atomic mass is 32.2. The molecule has 10 heteroatoms. The summed E-state index contributed by atoms with van der Waals surface area (Å²) in [6.45, 7) is 7.68. The van der Waals surface area contributed by atoms with Gasteiger partial charge in [-0.2, -0.15) is 0 Å². The number of ether oxygens (including phenoxy) is 2. The Morgan fingerprint density at radius 2 is 1.89 bits per heavy atom. The molecule has 0 aromatic heterocycles. The van der Waals surface area contributed by atoms with Crippen molar-refractivity contribution in [2.75, 3.05) is 25.1 Å². The fraction of sp³-hybridized carbons (Fsp3) is 0.240. The summed E-state index contributed by atoms with van der Waals surface area (Å²) in [6, 6.07) is 6.17. The molecule has 1 saturated heterocycles. The zero-order chi connectivity index (χ0) is 25.5. The number of carbonyl (C=O) groups excluding carboxylic acids is 3. The summed E-state index contributed by atoms with van der Waals surface area (Å²) in [5.74, 6) is -2.14. The molecule has 3 rings (SSSR count). The molecule has 0 bridgehead atoms. The van der Waals surface area contributed by atoms with Crippen molar-refractivity contribution in [3.63, 3.8) is 0 Å². The summed E-state index contributed by atoms with van der Waals surface area (Å²) in [6.07, 6.45) is 3.75. The molecule has 0 atom stereocenters. The Kier molecular flexibility index (Phi) is 8.64. The maximum atomic E-state index is 13.8. The Bertz CT molecular complexity index is 1200. The smallest absolute Gasteiger partial charge is 0.294 e. The molecule has 0 unspecified atom stereocenters. The van der Waals surface area contributed by atoms with Gasteiger partial charge in [-0.05, 0) is 67.9 Å². The quantitative estimate of drug-likeness (QED) is 0.357. The Morgan fingerprint density at radius 1 is 1.14 bits per heavy atom. The van der Waals surface area contributed by atoms with E-state index in [1.54, 1.807) is 12.1 Å². The SMILES string of the molecule is C=CCc1cc(/C=C2/SC(=O)N(CC(=O)Nc3ccc(F)cc3F)C2=O)cc(OCC)c1OCC. The van der Waals surface area contributed by atoms with Crippen molar-refractivity contribution in [2.45, 2.75) is 20.3 Å². The minimum absolute atomic E-state index is 0.118. The first-order valence-corrected chi connectivity index (χ1v) is 11.6. The van der Waals surface area contributed by atoms with Crippen molar-refractivity contribution in [2.24, 2.45) is 0 Å². The molecule has 0 saturated carbocycles. The Morgan fingerprint density at radius 3 is 2.54 bits per heavy atom. The van der Waals surface area contributed by atoms with Gasteiger partial charge >= 0.3 is 0 Å². The van der Waals surface area contributed by atoms with Gasteiger partial charge in [0.05, 0.1) is 23.8 Å². The second kappa shape index (κ2) is 11.7. The number of allylic oxidation sites excluding steroid dienone is 1. The summed E-state index contributed by atoms with van der Waals surface area (Å²) >= 11 is 0.686. The molecule has 35 heavy (non-hydrogen) atoms. The van der Waals surface area contributed by atoms with Crippen LogP contribution in [-0.2, 0) is 16.0 Å². The molecule has 0 aliphatic carbocycles. The molecule has 1 N–H and O–H groups in total. The maximum absolute atomic E-state index is 13.8. The monoisotopic (exact) mass is 502 g/mol. The summed E-state index contributed by atoms with van der Waals surface area (Å²) in [5.41, 5.74) is 1.16. The molecule has 0 radical (unpaired) electrons. The topological polar surface area (TPSA) is 84.9 Å². The highest BCUT2D eigenvalue weighted by Gasteiger charge is 2.36. The third kappa shape index (κ3) is 6.27. The van der Waals surface area contributed by atoms with Gasteiger partial charge in [-0.25, -0.2) is 8.78 Å². The van der Waals surface area contributed by atoms with Crippen molar-refractivity contribution in [1.29, 1.82) is 0 Å². The number of rotatable bonds is 10. The average molecular weight is 503 g/mol. The zero-order valence-electron chi connectivity index (χ0n) is 19.2. The van der Waals surface area contributed by atoms with Crippen LogP contribution < -0.4 is 14.8 Å². The summed E-state index contributed by atoms with van der Waals surface area (Å²) in [7, 11) is 0. The third-order valence-electron chi connectivity index (χ3n) is 4.79. The van der Waals surface area contributed by atoms with Gasteiger partial charge in [-0.15, -0.1) is 6.58 Å². The number of nitrogens with zero attached hydrogens (tertiary/aromatic N) is 1. The van der Waals surface area contributed by atoms with Gasteiger partial charge in [0.1, 0.15) is 18.2 Å². The van der Waals surface area contributed by atoms with E-state index in [2.05, 4.69) is 11.9 Å². The lowest BCUT2D eigenvalue weighted by atomic mass is 10.0. The number of carbonyl (C=O) groups is 3. The number of anilines is 1. The van der Waals surface area contributed by atoms with E-state index in [1.165, 1.54) is 6.08 Å². The number of hydrogen-bond acceptors (Lipinski definition) is 6. The Hall–Kier alpha value is -3.66. The lowest BCUT2D eigenvalue weighted by Gasteiger charge is -2.16. The number of amides is 3. The molecule has 3 amide bonds. The largest absolute Gasteiger partial charge is 0.490 e. The van der Waals surface area contributed by atoms with E-state index in [9.17, 15) is 23.2 Å². The van der Waals surface area contributed by atoms with Crippen LogP contribution in [-0.4, -0.2) is 41.7 Å². The van der Waals surface area contributed by atoms with Crippen molar-refractivity contribution in [3.05, 3.63) is 70.7 Å². The summed E-state index contributed by atoms with van der Waals surface area (Å²) in [4.78, 5) is 38.5. The van der Waals surface area contributed by atoms with E-state index in [0.717, 1.165) is 22.6 Å². The van der Waals surface area contributed by atoms with Gasteiger partial charge in [0.2, 0.25) is 5.91 Å². The van der Waals surface area contributed by atoms with Crippen LogP contribution in [0.4, 0.5) is 19.3 Å². The third-order valence-corrected chi connectivity index (χ3v) is 5.69. The van der Waals surface area contributed by atoms with E-state index in [-0.39, 0.29) is 10.6 Å². The van der Waals surface area contributed by atoms with Crippen LogP contribution in [0.1, 0.15) is 25.0 Å². The van der Waals surface area contributed by atoms with Crippen molar-refractivity contribution < 1.29 is 32.6 Å². The first-order valence-electron chi connectivity index (χ1n) is 10.8. The molecule has 7 nitrogen and oxygen atoms in total. The van der Waals surface area contributed by atoms with Gasteiger partial charge < -0.3 is 14.8 Å². The van der Waals surface area contributed by atoms with E-state index < -0.39 is 35.2 Å². The first kappa shape index (κ1) is 26.0. The fourth-order valence-electron chi connectivity index (χ4n) is 3.36. The van der Waals surface area contributed by atoms with Crippen LogP contribution in [0.25, 0.3) is 6.08 Å². The summed E-state index contributed by atoms with van der Waals surface area (Å²) in [5, 5.41) is 1.60. The minimum Gasteiger partial charge on any atom is -0.490 e. The van der Waals surface area contributed by atoms with Gasteiger partial charge in [0.25, 0.3) is 11.1 Å². The van der Waals surface area contributed by atoms with Gasteiger partial charge in [0, 0.05) is 11.6 Å². The molecule has 1 heterocycles. The predicted octanol–water partition coefficient (Wildman–Crippen LogP) is 5.17. The van der Waals surface area contributed by atoms with E-state index in [1.807, 2.05) is 19.9 Å². The molecule has 1 aliphatic heterocycles. The van der Waals surface area contributed by atoms with Gasteiger partial charge in [-0.3, -0.25) is 19.3 Å². The van der Waals surface area contributed by atoms with Crippen molar-refractivity contribution in [1.82, 2.24) is 4.90 Å². The van der Waals surface area contributed by atoms with Crippen LogP contribution >= 0.6 is 11.8 Å². The summed E-state index contributed by atoms with van der Waals surface area (Å²) < 4.78 is 38.3. The standard InChI is InChI=1S/C25H24F2N2O5S/c1-4-7-16-10-15(11-20(33-5-2)23(16)34-6-3)12-21-24(31)29(25(32)35-21)14-22(30)28-19-9-8-17(26)13-18(19)27/h4,8-13H,1,5-7,14H2,2-3H3,(H,28,30)/b21-12+. The molecular formula is C25H24F2N2O5S. The normalized spacial score (nSPS) is 14.4. The Labute approximate surface area is 205 Å². The predicted molar refractivity (Wildman–Crippen MR) is 130 cm³/mol. The van der Waals surface area contributed by atoms with Crippen LogP contribution in [0.3, 0.4) is 0 Å². The van der Waals surface area contributed by atoms with Crippen LogP contribution in [0.2, 0.25) is 0 Å². The number of imide groups is 1. The molecular weight excluding hydrogens is 478 g/mol. The average Bonchev–Trinajstić information content (AvgIpc) is 3.05. The molecule has 2 aromatic carbocycles. The number of nitrogens with one attached hydrogen (secondary N) is 1. The zero-order valence-corrected chi connectivity index (χ0v) is 20.0. The fourth-order valence-corrected chi connectivity index (χ4v) is 4.20. The van der Waals surface area contributed by atoms with Crippen LogP contribution in [0, 0.1) is 11.6 Å². The molecule has 184 valence electrons. The molecule has 1 fully saturated rings. The van der Waals surface area contributed by atoms with E-state index >= 15 is 0 Å². The van der Waals surface area contributed by atoms with Crippen LogP contribution in [0.15, 0.2) is 47.9 Å². The van der Waals surface area contributed by atoms with E-state index in [4.69, 9.17) is 9.47 Å². The van der Waals surface area contributed by atoms with Crippen LogP contribution in [0.5, 0.6) is 11.5 Å². The maximum Gasteiger partial charge on any atom is 0.294 e. The molecule has 2 aromatic rings. The van der Waals surface area contributed by atoms with Gasteiger partial charge in [0.15, 0.2) is 11.5 Å². The second-order valence-corrected chi connectivity index (χ2v) is 8.30. The number of benzene rings is 2. The Balaban J connectivity index is 1.82. The molecule has 0 spiro atoms. The second-order valence-electron chi connectivity index (χ2n) is 7.31. The highest BCUT2D eigenvalue weighted by molar-refractivity contribution is 8.18. The van der Waals surface area contributed by atoms with E-state index in [0.29, 0.717) is 54.5 Å². The lowest BCUT2D eigenvalue weighted by molar-refractivity contribution is -0.127. The van der Waals surface area contributed by atoms with Crippen molar-refractivity contribution in [3.8, 4) is 11.5 Å². The highest BCUT2D eigenvalue weighted by Crippen LogP contribution is 2.37. The number of halogens is 2. The van der Waals surface area contributed by atoms with Crippen molar-refractivity contribution >= 4 is 40.6 Å².